The van der Waals surface area contributed by atoms with E-state index in [1.54, 1.807) is 44.2 Å². The van der Waals surface area contributed by atoms with Crippen molar-refractivity contribution in [2.75, 3.05) is 22.9 Å². The van der Waals surface area contributed by atoms with Gasteiger partial charge in [-0.25, -0.2) is 9.59 Å². The predicted octanol–water partition coefficient (Wildman–Crippen LogP) is 6.59. The van der Waals surface area contributed by atoms with Gasteiger partial charge in [0.1, 0.15) is 18.7 Å². The first-order valence-electron chi connectivity index (χ1n) is 27.2. The highest BCUT2D eigenvalue weighted by Crippen LogP contribution is 2.60. The first-order chi connectivity index (χ1) is 36.4. The number of nitrogens with two attached hydrogens (primary N) is 3. The number of benzene rings is 3. The molecule has 3 unspecified atom stereocenters. The predicted molar refractivity (Wildman–Crippen MR) is 292 cm³/mol. The standard InChI is InChI=1S/C58H79N9O10/c1-33(2)47(60)50(72)65-42(10-7-29-62-53(61)75)48(70)63-38-18-11-34(12-19-38)32-77-54(76)66-43(21-24-46(68)69)49(71)64-39-20-14-36-16-23-45-56(4,41(36)31-39)26-9-28-58(45,6)52(74)67-51(73)57(5)27-8-25-55(3)40-30-37(59)17-13-35(40)15-22-44(55)57/h11-14,17-20,30-31,33,42-45,47H,7-10,15-16,21-29,32,59-60H2,1-6H3,(H,63,70)(H,64,71)(H,65,72)(H,66,76)(H,68,69)(H3,61,62,75)(H,67,73,74)/t42?,43?,44-,45-,47?,55-,56-,57+,58+/m1/s1. The molecule has 19 heteroatoms. The molecular weight excluding hydrogens is 983 g/mol. The van der Waals surface area contributed by atoms with Crippen molar-refractivity contribution < 1.29 is 48.2 Å². The maximum atomic E-state index is 14.8. The van der Waals surface area contributed by atoms with Crippen molar-refractivity contribution in [3.63, 3.8) is 0 Å². The Hall–Kier alpha value is -7.02. The molecule has 0 bridgehead atoms. The second-order valence-corrected chi connectivity index (χ2v) is 23.3. The third-order valence-electron chi connectivity index (χ3n) is 17.7. The zero-order valence-corrected chi connectivity index (χ0v) is 45.4. The number of amides is 8. The highest BCUT2D eigenvalue weighted by Gasteiger charge is 2.58. The van der Waals surface area contributed by atoms with Crippen LogP contribution < -0.4 is 49.1 Å². The normalized spacial score (nSPS) is 25.4. The number of alkyl carbamates (subject to hydrolysis) is 1. The van der Waals surface area contributed by atoms with E-state index in [0.717, 1.165) is 56.1 Å². The van der Waals surface area contributed by atoms with Gasteiger partial charge in [-0.2, -0.15) is 0 Å². The number of carbonyl (C=O) groups is 8. The minimum atomic E-state index is -1.28. The number of carbonyl (C=O) groups excluding carboxylic acids is 7. The fourth-order valence-corrected chi connectivity index (χ4v) is 13.3. The lowest BCUT2D eigenvalue weighted by Gasteiger charge is -2.56. The van der Waals surface area contributed by atoms with E-state index in [-0.39, 0.29) is 61.0 Å². The number of nitrogens with one attached hydrogen (secondary N) is 6. The Balaban J connectivity index is 0.973. The van der Waals surface area contributed by atoms with Crippen LogP contribution in [0.25, 0.3) is 0 Å². The molecule has 2 fully saturated rings. The van der Waals surface area contributed by atoms with E-state index in [2.05, 4.69) is 57.9 Å². The van der Waals surface area contributed by atoms with Gasteiger partial charge < -0.3 is 53.6 Å². The van der Waals surface area contributed by atoms with Gasteiger partial charge >= 0.3 is 18.1 Å². The van der Waals surface area contributed by atoms with Gasteiger partial charge in [-0.05, 0) is 163 Å². The third-order valence-corrected chi connectivity index (χ3v) is 17.7. The van der Waals surface area contributed by atoms with Gasteiger partial charge in [-0.3, -0.25) is 34.1 Å². The number of hydrogen-bond donors (Lipinski definition) is 10. The van der Waals surface area contributed by atoms with E-state index in [1.165, 1.54) is 11.1 Å². The molecule has 0 aromatic heterocycles. The van der Waals surface area contributed by atoms with Gasteiger partial charge in [0.25, 0.3) is 0 Å². The zero-order chi connectivity index (χ0) is 56.0. The number of ether oxygens (including phenoxy) is 1. The molecule has 19 nitrogen and oxygen atoms in total. The molecular formula is C58H79N9O10. The molecule has 2 saturated carbocycles. The molecule has 3 aromatic rings. The second-order valence-electron chi connectivity index (χ2n) is 23.3. The number of aryl methyl sites for hydroxylation is 2. The summed E-state index contributed by atoms with van der Waals surface area (Å²) < 4.78 is 5.46. The van der Waals surface area contributed by atoms with Crippen LogP contribution in [0.15, 0.2) is 60.7 Å². The van der Waals surface area contributed by atoms with Gasteiger partial charge in [0.05, 0.1) is 16.9 Å². The number of rotatable bonds is 19. The van der Waals surface area contributed by atoms with Gasteiger partial charge in [-0.1, -0.05) is 78.6 Å². The van der Waals surface area contributed by atoms with E-state index < -0.39 is 76.6 Å². The highest BCUT2D eigenvalue weighted by molar-refractivity contribution is 6.01. The summed E-state index contributed by atoms with van der Waals surface area (Å²) >= 11 is 0. The Labute approximate surface area is 451 Å². The maximum absolute atomic E-state index is 14.8. The van der Waals surface area contributed by atoms with Crippen LogP contribution in [0.4, 0.5) is 26.7 Å². The first kappa shape index (κ1) is 57.7. The lowest BCUT2D eigenvalue weighted by Crippen LogP contribution is -2.60. The van der Waals surface area contributed by atoms with Crippen LogP contribution >= 0.6 is 0 Å². The molecule has 0 saturated heterocycles. The number of anilines is 3. The number of primary amides is 1. The summed E-state index contributed by atoms with van der Waals surface area (Å²) in [6.07, 6.45) is 6.73. The third kappa shape index (κ3) is 12.7. The van der Waals surface area contributed by atoms with Crippen LogP contribution in [0.3, 0.4) is 0 Å². The van der Waals surface area contributed by atoms with Crippen molar-refractivity contribution in [3.05, 3.63) is 88.5 Å². The van der Waals surface area contributed by atoms with Crippen LogP contribution in [0.1, 0.15) is 146 Å². The van der Waals surface area contributed by atoms with Crippen LogP contribution in [0, 0.1) is 28.6 Å². The Kier molecular flexibility index (Phi) is 17.8. The number of carboxylic acids is 1. The maximum Gasteiger partial charge on any atom is 0.408 e. The summed E-state index contributed by atoms with van der Waals surface area (Å²) in [5, 5.41) is 25.9. The number of fused-ring (bicyclic) bond motifs is 6. The van der Waals surface area contributed by atoms with Crippen molar-refractivity contribution in [1.29, 1.82) is 0 Å². The van der Waals surface area contributed by atoms with Crippen molar-refractivity contribution in [1.82, 2.24) is 21.3 Å². The number of nitrogen functional groups attached to an aromatic ring is 1. The molecule has 0 radical (unpaired) electrons. The number of urea groups is 1. The summed E-state index contributed by atoms with van der Waals surface area (Å²) in [7, 11) is 0. The molecule has 3 aromatic carbocycles. The minimum Gasteiger partial charge on any atom is -0.481 e. The summed E-state index contributed by atoms with van der Waals surface area (Å²) in [6, 6.07) is 14.4. The summed E-state index contributed by atoms with van der Waals surface area (Å²) in [5.74, 6) is -3.52. The average Bonchev–Trinajstić information content (AvgIpc) is 3.47. The molecule has 77 heavy (non-hydrogen) atoms. The molecule has 9 atom stereocenters. The van der Waals surface area contributed by atoms with Crippen molar-refractivity contribution in [2.45, 2.75) is 167 Å². The number of hydrogen-bond acceptors (Lipinski definition) is 11. The van der Waals surface area contributed by atoms with Crippen LogP contribution in [-0.4, -0.2) is 77.4 Å². The van der Waals surface area contributed by atoms with E-state index >= 15 is 0 Å². The monoisotopic (exact) mass is 1060 g/mol. The molecule has 4 aliphatic carbocycles. The molecule has 13 N–H and O–H groups in total. The molecule has 8 amide bonds. The summed E-state index contributed by atoms with van der Waals surface area (Å²) in [5.41, 5.74) is 21.8. The topological polar surface area (TPSA) is 316 Å². The Morgan fingerprint density at radius 2 is 1.22 bits per heavy atom. The Morgan fingerprint density at radius 1 is 0.688 bits per heavy atom. The van der Waals surface area contributed by atoms with Crippen molar-refractivity contribution in [2.24, 2.45) is 40.1 Å². The number of carboxylic acid groups (broad SMARTS) is 1. The van der Waals surface area contributed by atoms with Crippen LogP contribution in [0.2, 0.25) is 0 Å². The van der Waals surface area contributed by atoms with Crippen LogP contribution in [-0.2, 0) is 63.8 Å². The highest BCUT2D eigenvalue weighted by atomic mass is 16.5. The lowest BCUT2D eigenvalue weighted by molar-refractivity contribution is -0.150. The number of imide groups is 1. The second kappa shape index (κ2) is 23.7. The SMILES string of the molecule is CC(C)C(N)C(=O)NC(CCCNC(N)=O)C(=O)Nc1ccc(COC(=O)NC(CCC(=O)O)C(=O)Nc2ccc3c(c2)[C@@]2(C)CCC[C@](C)(C(=O)NC(=O)[C@@]4(C)CCC[C@]5(C)c6cc(N)ccc6CC[C@@H]45)[C@@H]2CC3)cc1. The molecule has 4 aliphatic rings. The smallest absolute Gasteiger partial charge is 0.408 e. The van der Waals surface area contributed by atoms with E-state index in [4.69, 9.17) is 21.9 Å². The minimum absolute atomic E-state index is 0.0417. The van der Waals surface area contributed by atoms with E-state index in [0.29, 0.717) is 48.3 Å². The summed E-state index contributed by atoms with van der Waals surface area (Å²) in [4.78, 5) is 105. The van der Waals surface area contributed by atoms with Gasteiger partial charge in [0.2, 0.25) is 29.5 Å². The van der Waals surface area contributed by atoms with Crippen molar-refractivity contribution in [3.8, 4) is 0 Å². The number of aliphatic carboxylic acids is 1. The zero-order valence-electron chi connectivity index (χ0n) is 45.4. The van der Waals surface area contributed by atoms with Crippen molar-refractivity contribution >= 4 is 64.7 Å². The largest absolute Gasteiger partial charge is 0.481 e. The lowest BCUT2D eigenvalue weighted by atomic mass is 9.49. The van der Waals surface area contributed by atoms with Gasteiger partial charge in [-0.15, -0.1) is 0 Å². The van der Waals surface area contributed by atoms with Gasteiger partial charge in [0, 0.05) is 30.0 Å². The van der Waals surface area contributed by atoms with E-state index in [9.17, 15) is 43.5 Å². The van der Waals surface area contributed by atoms with Gasteiger partial charge in [0.15, 0.2) is 0 Å². The first-order valence-corrected chi connectivity index (χ1v) is 27.2. The summed E-state index contributed by atoms with van der Waals surface area (Å²) in [6.45, 7) is 12.0. The van der Waals surface area contributed by atoms with Crippen LogP contribution in [0.5, 0.6) is 0 Å². The average molecular weight is 1060 g/mol. The molecule has 7 rings (SSSR count). The Bertz CT molecular complexity index is 2750. The fourth-order valence-electron chi connectivity index (χ4n) is 13.3. The fraction of sp³-hybridized carbons (Fsp3) is 0.552. The molecule has 416 valence electrons. The molecule has 0 heterocycles. The molecule has 0 aliphatic heterocycles. The Morgan fingerprint density at radius 3 is 1.78 bits per heavy atom. The quantitative estimate of drug-likeness (QED) is 0.0346. The van der Waals surface area contributed by atoms with E-state index in [1.807, 2.05) is 32.0 Å². The molecule has 0 spiro atoms.